The number of aliphatic carboxylic acids is 2. The number of amides is 14. The molecule has 4 saturated heterocycles. The number of fused-ring (bicyclic) bond motifs is 5. The van der Waals surface area contributed by atoms with E-state index in [0.29, 0.717) is 45.8 Å². The lowest BCUT2D eigenvalue weighted by Gasteiger charge is -2.40. The van der Waals surface area contributed by atoms with Gasteiger partial charge in [0.05, 0.1) is 42.7 Å². The van der Waals surface area contributed by atoms with Gasteiger partial charge in [-0.05, 0) is 82.1 Å². The van der Waals surface area contributed by atoms with Crippen LogP contribution in [0, 0.1) is 11.8 Å². The molecule has 38 heteroatoms. The highest BCUT2D eigenvalue weighted by Gasteiger charge is 2.45. The van der Waals surface area contributed by atoms with Crippen molar-refractivity contribution in [3.63, 3.8) is 0 Å². The Morgan fingerprint density at radius 3 is 1.68 bits per heavy atom. The van der Waals surface area contributed by atoms with Gasteiger partial charge in [-0.3, -0.25) is 76.7 Å². The van der Waals surface area contributed by atoms with Crippen molar-refractivity contribution >= 4 is 140 Å². The molecule has 2 unspecified atom stereocenters. The third-order valence-electron chi connectivity index (χ3n) is 19.7. The summed E-state index contributed by atoms with van der Waals surface area (Å²) < 4.78 is 0. The van der Waals surface area contributed by atoms with Crippen molar-refractivity contribution < 1.29 is 92.0 Å². The predicted octanol–water partition coefficient (Wildman–Crippen LogP) is -2.95. The second-order valence-corrected chi connectivity index (χ2v) is 31.2. The Bertz CT molecular complexity index is 4130. The summed E-state index contributed by atoms with van der Waals surface area (Å²) in [5.41, 5.74) is 8.11. The Kier molecular flexibility index (Phi) is 30.7. The quantitative estimate of drug-likeness (QED) is 0.0600. The van der Waals surface area contributed by atoms with Crippen molar-refractivity contribution in [3.05, 3.63) is 72.1 Å². The fourth-order valence-electron chi connectivity index (χ4n) is 13.6. The molecule has 2 aromatic heterocycles. The summed E-state index contributed by atoms with van der Waals surface area (Å²) in [4.78, 5) is 243. The third kappa shape index (κ3) is 23.1. The van der Waals surface area contributed by atoms with Gasteiger partial charge in [-0.2, -0.15) is 0 Å². The van der Waals surface area contributed by atoms with Crippen LogP contribution in [-0.4, -0.2) is 286 Å². The second-order valence-electron chi connectivity index (χ2n) is 29.1. The number of nitrogens with two attached hydrogens (primary N) is 1. The first-order valence-electron chi connectivity index (χ1n) is 36.9. The molecule has 36 nitrogen and oxygen atoms in total. The molecule has 0 aliphatic carbocycles. The first kappa shape index (κ1) is 86.3. The van der Waals surface area contributed by atoms with Gasteiger partial charge in [-0.25, -0.2) is 0 Å². The first-order chi connectivity index (χ1) is 52.6. The van der Waals surface area contributed by atoms with Crippen LogP contribution in [0.1, 0.15) is 98.6 Å². The molecule has 8 rings (SSSR count). The number of para-hydroxylation sites is 2. The van der Waals surface area contributed by atoms with Crippen molar-refractivity contribution in [1.82, 2.24) is 82.7 Å². The SMILES string of the molecule is CC(C)C1NC(=O)[C@H](Cc2c[nH]c3ccccc23)NC(=O)[C@H](C)NC(=O)[C@H](CCC(=O)O)NC(=O)[C@H]([C@@H](C)O)NC(=O)[C@@H](NC(=O)[C@H](C)N)CSCC(=O)N2CCN3C[C@H](C2)N(C(=O)CNC(=O)[C@H](CC(=O)O)NC1=O)[C@@H](Cc1c[nH]c2ccccc12)C(=O)NC(C(C)C)C(=O)N1CCC[C@H]1C(=O)N[C@H](C)CSCC3=O. The number of aliphatic hydroxyl groups excluding tert-OH is 1. The average molecular weight is 1580 g/mol. The number of benzene rings is 2. The fraction of sp³-hybridized carbons (Fsp3) is 0.562. The highest BCUT2D eigenvalue weighted by molar-refractivity contribution is 8.00. The molecule has 2 aromatic carbocycles. The standard InChI is InChI=1S/C73H101N17O19S2/c1-36(2)60-71(107)82-51(26-59(97)98)65(101)77-29-55(92)90-44-30-87(56(93)34-110-32-38(5)78-69(105)53-18-13-21-89(53)73(109)61(37(3)4)85-70(106)54(90)25-43-28-76-48-17-12-10-15-46(43)48)22-23-88(31-44)57(94)35-111-33-52(83-63(99)39(6)74)68(104)86-62(41(8)91)72(108)80-49(19-20-58(95)96)66(102)79-40(7)64(100)81-50(67(103)84-60)24-42-27-75-47-16-11-9-14-45(42)47/h9-12,14-17,27-28,36-41,44,49-54,60-62,75-76,91H,13,18-26,29-35,74H2,1-8H3,(H,77,101)(H,78,105)(H,79,102)(H,80,108)(H,81,100)(H,82,107)(H,83,99)(H,84,103)(H,85,106)(H,86,104)(H,95,96)(H,97,98)/t38-,39+,40+,41-,44-,49+,50+,51+,52+,53+,54+,60?,61?,62+/m1/s1. The molecular formula is C73H101N17O19S2. The van der Waals surface area contributed by atoms with E-state index in [1.807, 2.05) is 0 Å². The lowest BCUT2D eigenvalue weighted by atomic mass is 9.97. The Labute approximate surface area is 648 Å². The predicted molar refractivity (Wildman–Crippen MR) is 407 cm³/mol. The van der Waals surface area contributed by atoms with Gasteiger partial charge < -0.3 is 104 Å². The number of carbonyl (C=O) groups is 16. The highest BCUT2D eigenvalue weighted by atomic mass is 32.2. The van der Waals surface area contributed by atoms with E-state index in [-0.39, 0.29) is 44.0 Å². The topological polar surface area (TPSA) is 525 Å². The van der Waals surface area contributed by atoms with Crippen LogP contribution in [0.3, 0.4) is 0 Å². The molecule has 17 N–H and O–H groups in total. The number of carboxylic acids is 2. The van der Waals surface area contributed by atoms with Crippen LogP contribution in [0.4, 0.5) is 0 Å². The van der Waals surface area contributed by atoms with Crippen LogP contribution in [0.15, 0.2) is 60.9 Å². The Morgan fingerprint density at radius 2 is 1.11 bits per heavy atom. The zero-order valence-corrected chi connectivity index (χ0v) is 64.7. The Morgan fingerprint density at radius 1 is 0.568 bits per heavy atom. The van der Waals surface area contributed by atoms with Gasteiger partial charge in [0.2, 0.25) is 82.7 Å². The Balaban J connectivity index is 1.26. The van der Waals surface area contributed by atoms with Crippen molar-refractivity contribution in [1.29, 1.82) is 0 Å². The number of H-pyrrole nitrogens is 2. The zero-order chi connectivity index (χ0) is 81.2. The van der Waals surface area contributed by atoms with Gasteiger partial charge in [0.1, 0.15) is 60.4 Å². The molecule has 111 heavy (non-hydrogen) atoms. The number of carbonyl (C=O) groups excluding carboxylic acids is 14. The van der Waals surface area contributed by atoms with E-state index in [1.54, 1.807) is 81.7 Å². The number of carboxylic acid groups (broad SMARTS) is 2. The Hall–Kier alpha value is -10.3. The molecule has 3 bridgehead atoms. The fourth-order valence-corrected chi connectivity index (χ4v) is 15.5. The van der Waals surface area contributed by atoms with Gasteiger partial charge >= 0.3 is 11.9 Å². The molecule has 4 aromatic rings. The number of hydrogen-bond donors (Lipinski definition) is 16. The van der Waals surface area contributed by atoms with Crippen LogP contribution in [0.5, 0.6) is 0 Å². The number of hydrogen-bond acceptors (Lipinski definition) is 20. The van der Waals surface area contributed by atoms with Crippen LogP contribution in [0.25, 0.3) is 21.8 Å². The molecule has 0 spiro atoms. The summed E-state index contributed by atoms with van der Waals surface area (Å²) >= 11 is 1.96. The van der Waals surface area contributed by atoms with Gasteiger partial charge in [-0.15, -0.1) is 23.5 Å². The average Bonchev–Trinajstić information content (AvgIpc) is 1.76. The van der Waals surface area contributed by atoms with Crippen LogP contribution < -0.4 is 58.9 Å². The minimum absolute atomic E-state index is 0.151. The molecule has 0 saturated carbocycles. The monoisotopic (exact) mass is 1580 g/mol. The molecule has 0 radical (unpaired) electrons. The molecule has 6 heterocycles. The van der Waals surface area contributed by atoms with E-state index in [2.05, 4.69) is 63.1 Å². The number of nitrogens with zero attached hydrogens (tertiary/aromatic N) is 4. The third-order valence-corrected chi connectivity index (χ3v) is 21.9. The van der Waals surface area contributed by atoms with E-state index in [4.69, 9.17) is 5.73 Å². The van der Waals surface area contributed by atoms with E-state index >= 15 is 19.2 Å². The minimum Gasteiger partial charge on any atom is -0.481 e. The van der Waals surface area contributed by atoms with Crippen molar-refractivity contribution in [2.45, 2.75) is 185 Å². The summed E-state index contributed by atoms with van der Waals surface area (Å²) in [5, 5.41) is 58.0. The summed E-state index contributed by atoms with van der Waals surface area (Å²) in [6, 6.07) is -5.51. The van der Waals surface area contributed by atoms with Crippen molar-refractivity contribution in [3.8, 4) is 0 Å². The van der Waals surface area contributed by atoms with Gasteiger partial charge in [0, 0.05) is 104 Å². The number of aromatic nitrogens is 2. The van der Waals surface area contributed by atoms with Gasteiger partial charge in [0.25, 0.3) is 0 Å². The summed E-state index contributed by atoms with van der Waals surface area (Å²) in [6.45, 7) is 9.50. The molecule has 4 aliphatic rings. The first-order valence-corrected chi connectivity index (χ1v) is 39.2. The van der Waals surface area contributed by atoms with Crippen LogP contribution >= 0.6 is 23.5 Å². The van der Waals surface area contributed by atoms with E-state index in [9.17, 15) is 72.9 Å². The highest BCUT2D eigenvalue weighted by Crippen LogP contribution is 2.28. The lowest BCUT2D eigenvalue weighted by molar-refractivity contribution is -0.148. The van der Waals surface area contributed by atoms with Gasteiger partial charge in [0.15, 0.2) is 0 Å². The molecule has 604 valence electrons. The van der Waals surface area contributed by atoms with E-state index in [1.165, 1.54) is 54.2 Å². The van der Waals surface area contributed by atoms with Crippen LogP contribution in [0.2, 0.25) is 0 Å². The van der Waals surface area contributed by atoms with Crippen LogP contribution in [-0.2, 0) is 89.6 Å². The summed E-state index contributed by atoms with van der Waals surface area (Å²) in [5.74, 6) is -18.6. The molecule has 14 amide bonds. The van der Waals surface area contributed by atoms with E-state index in [0.717, 1.165) is 23.6 Å². The molecular weight excluding hydrogens is 1480 g/mol. The normalized spacial score (nSPS) is 26.5. The van der Waals surface area contributed by atoms with Crippen molar-refractivity contribution in [2.24, 2.45) is 17.6 Å². The number of nitrogens with one attached hydrogen (secondary N) is 12. The maximum Gasteiger partial charge on any atom is 0.305 e. The largest absolute Gasteiger partial charge is 0.481 e. The zero-order valence-electron chi connectivity index (χ0n) is 63.1. The molecule has 4 fully saturated rings. The van der Waals surface area contributed by atoms with Crippen molar-refractivity contribution in [2.75, 3.05) is 62.3 Å². The summed E-state index contributed by atoms with van der Waals surface area (Å²) in [7, 11) is 0. The van der Waals surface area contributed by atoms with Gasteiger partial charge in [-0.1, -0.05) is 64.1 Å². The van der Waals surface area contributed by atoms with E-state index < -0.39 is 242 Å². The molecule has 14 atom stereocenters. The minimum atomic E-state index is -2.02. The maximum absolute atomic E-state index is 16.1. The number of aromatic amines is 2. The maximum atomic E-state index is 16.1. The smallest absolute Gasteiger partial charge is 0.305 e. The number of rotatable bonds is 14. The summed E-state index contributed by atoms with van der Waals surface area (Å²) in [6.07, 6.45) is -1.000. The number of aliphatic hydroxyl groups is 1. The molecule has 4 aliphatic heterocycles. The second kappa shape index (κ2) is 39.5. The lowest BCUT2D eigenvalue weighted by Crippen LogP contribution is -2.64. The number of thioether (sulfide) groups is 2.